The zero-order valence-corrected chi connectivity index (χ0v) is 13.8. The lowest BCUT2D eigenvalue weighted by atomic mass is 10.2. The molecule has 21 heavy (non-hydrogen) atoms. The van der Waals surface area contributed by atoms with Crippen molar-refractivity contribution in [1.29, 1.82) is 0 Å². The highest BCUT2D eigenvalue weighted by atomic mass is 32.2. The highest BCUT2D eigenvalue weighted by molar-refractivity contribution is 7.89. The van der Waals surface area contributed by atoms with Crippen LogP contribution >= 0.6 is 0 Å². The van der Waals surface area contributed by atoms with Gasteiger partial charge in [0, 0.05) is 26.8 Å². The molecule has 1 rings (SSSR count). The molecule has 7 heteroatoms. The summed E-state index contributed by atoms with van der Waals surface area (Å²) in [5.74, 6) is 0. The largest absolute Gasteiger partial charge is 0.398 e. The zero-order valence-electron chi connectivity index (χ0n) is 13.0. The minimum Gasteiger partial charge on any atom is -0.398 e. The molecular formula is C14H24N2O4S. The van der Waals surface area contributed by atoms with E-state index in [4.69, 9.17) is 15.2 Å². The third-order valence-electron chi connectivity index (χ3n) is 3.22. The lowest BCUT2D eigenvalue weighted by molar-refractivity contribution is 0.119. The Morgan fingerprint density at radius 3 is 2.48 bits per heavy atom. The van der Waals surface area contributed by atoms with Crippen LogP contribution in [0.1, 0.15) is 12.5 Å². The fourth-order valence-electron chi connectivity index (χ4n) is 2.23. The predicted octanol–water partition coefficient (Wildman–Crippen LogP) is 1.25. The molecule has 0 aliphatic carbocycles. The molecule has 1 unspecified atom stereocenters. The van der Waals surface area contributed by atoms with Crippen molar-refractivity contribution in [3.05, 3.63) is 23.8 Å². The van der Waals surface area contributed by atoms with Gasteiger partial charge in [0.15, 0.2) is 0 Å². The van der Waals surface area contributed by atoms with Crippen LogP contribution in [0.25, 0.3) is 0 Å². The lowest BCUT2D eigenvalue weighted by Crippen LogP contribution is -2.43. The van der Waals surface area contributed by atoms with E-state index in [-0.39, 0.29) is 23.2 Å². The van der Waals surface area contributed by atoms with Gasteiger partial charge in [-0.1, -0.05) is 12.1 Å². The van der Waals surface area contributed by atoms with Crippen molar-refractivity contribution in [2.45, 2.75) is 24.8 Å². The van der Waals surface area contributed by atoms with Crippen molar-refractivity contribution in [2.24, 2.45) is 0 Å². The van der Waals surface area contributed by atoms with Gasteiger partial charge in [0.05, 0.1) is 18.9 Å². The fourth-order valence-corrected chi connectivity index (χ4v) is 4.15. The van der Waals surface area contributed by atoms with Crippen LogP contribution in [0.3, 0.4) is 0 Å². The van der Waals surface area contributed by atoms with Gasteiger partial charge >= 0.3 is 0 Å². The number of hydrogen-bond acceptors (Lipinski definition) is 5. The Morgan fingerprint density at radius 1 is 1.29 bits per heavy atom. The van der Waals surface area contributed by atoms with Gasteiger partial charge in [-0.2, -0.15) is 4.31 Å². The van der Waals surface area contributed by atoms with Gasteiger partial charge in [-0.25, -0.2) is 8.42 Å². The monoisotopic (exact) mass is 316 g/mol. The Morgan fingerprint density at radius 2 is 1.95 bits per heavy atom. The molecule has 0 saturated carbocycles. The molecule has 1 atom stereocenters. The Balaban J connectivity index is 3.26. The van der Waals surface area contributed by atoms with Crippen molar-refractivity contribution in [3.63, 3.8) is 0 Å². The maximum atomic E-state index is 12.9. The van der Waals surface area contributed by atoms with Crippen molar-refractivity contribution in [1.82, 2.24) is 4.31 Å². The van der Waals surface area contributed by atoms with Gasteiger partial charge in [-0.3, -0.25) is 0 Å². The first-order valence-electron chi connectivity index (χ1n) is 6.71. The zero-order chi connectivity index (χ0) is 16.0. The summed E-state index contributed by atoms with van der Waals surface area (Å²) in [6.07, 6.45) is 0. The number of nitrogen functional groups attached to an aromatic ring is 1. The first-order chi connectivity index (χ1) is 9.86. The molecule has 0 heterocycles. The van der Waals surface area contributed by atoms with Crippen molar-refractivity contribution in [3.8, 4) is 0 Å². The van der Waals surface area contributed by atoms with E-state index in [9.17, 15) is 8.42 Å². The standard InChI is InChI=1S/C14H24N2O4S/c1-11-6-5-7-13(15)14(11)21(17,18)16(8-9-19-3)12(2)10-20-4/h5-7,12H,8-10,15H2,1-4H3. The molecule has 0 radical (unpaired) electrons. The summed E-state index contributed by atoms with van der Waals surface area (Å²) in [5.41, 5.74) is 6.76. The summed E-state index contributed by atoms with van der Waals surface area (Å²) in [6.45, 7) is 4.38. The molecule has 0 bridgehead atoms. The Bertz CT molecular complexity index is 540. The Kier molecular flexibility index (Phi) is 6.60. The molecule has 0 saturated heterocycles. The van der Waals surface area contributed by atoms with Crippen molar-refractivity contribution in [2.75, 3.05) is 39.7 Å². The molecule has 1 aromatic rings. The number of aryl methyl sites for hydroxylation is 1. The second-order valence-electron chi connectivity index (χ2n) is 4.91. The van der Waals surface area contributed by atoms with Crippen LogP contribution in [0.15, 0.2) is 23.1 Å². The molecule has 0 spiro atoms. The first kappa shape index (κ1) is 17.9. The number of nitrogens with zero attached hydrogens (tertiary/aromatic N) is 1. The first-order valence-corrected chi connectivity index (χ1v) is 8.15. The smallest absolute Gasteiger partial charge is 0.245 e. The van der Waals surface area contributed by atoms with Crippen LogP contribution in [-0.4, -0.2) is 52.7 Å². The molecule has 0 amide bonds. The number of anilines is 1. The van der Waals surface area contributed by atoms with Gasteiger partial charge in [0.1, 0.15) is 4.90 Å². The predicted molar refractivity (Wildman–Crippen MR) is 82.7 cm³/mol. The summed E-state index contributed by atoms with van der Waals surface area (Å²) >= 11 is 0. The minimum atomic E-state index is -3.71. The Labute approximate surface area is 126 Å². The number of nitrogens with two attached hydrogens (primary N) is 1. The summed E-state index contributed by atoms with van der Waals surface area (Å²) in [6, 6.07) is 4.75. The number of sulfonamides is 1. The van der Waals surface area contributed by atoms with E-state index in [1.807, 2.05) is 0 Å². The highest BCUT2D eigenvalue weighted by Crippen LogP contribution is 2.27. The second-order valence-corrected chi connectivity index (χ2v) is 6.73. The van der Waals surface area contributed by atoms with Gasteiger partial charge in [-0.05, 0) is 25.5 Å². The molecule has 0 aliphatic heterocycles. The number of hydrogen-bond donors (Lipinski definition) is 1. The van der Waals surface area contributed by atoms with Crippen LogP contribution in [0.2, 0.25) is 0 Å². The van der Waals surface area contributed by atoms with Crippen LogP contribution in [-0.2, 0) is 19.5 Å². The molecular weight excluding hydrogens is 292 g/mol. The van der Waals surface area contributed by atoms with Crippen molar-refractivity contribution < 1.29 is 17.9 Å². The third kappa shape index (κ3) is 4.16. The molecule has 120 valence electrons. The average molecular weight is 316 g/mol. The average Bonchev–Trinajstić information content (AvgIpc) is 2.38. The van der Waals surface area contributed by atoms with E-state index >= 15 is 0 Å². The van der Waals surface area contributed by atoms with E-state index in [1.165, 1.54) is 11.4 Å². The van der Waals surface area contributed by atoms with Gasteiger partial charge in [0.25, 0.3) is 0 Å². The topological polar surface area (TPSA) is 81.9 Å². The van der Waals surface area contributed by atoms with Gasteiger partial charge in [0.2, 0.25) is 10.0 Å². The molecule has 2 N–H and O–H groups in total. The molecule has 0 aliphatic rings. The SMILES string of the molecule is COCCN(C(C)COC)S(=O)(=O)c1c(C)cccc1N. The van der Waals surface area contributed by atoms with Crippen LogP contribution < -0.4 is 5.73 Å². The summed E-state index contributed by atoms with van der Waals surface area (Å²) in [7, 11) is -0.631. The number of rotatable bonds is 8. The molecule has 0 fully saturated rings. The number of benzene rings is 1. The van der Waals surface area contributed by atoms with E-state index in [1.54, 1.807) is 39.2 Å². The molecule has 0 aromatic heterocycles. The minimum absolute atomic E-state index is 0.157. The molecule has 6 nitrogen and oxygen atoms in total. The maximum absolute atomic E-state index is 12.9. The van der Waals surface area contributed by atoms with E-state index in [0.717, 1.165) is 0 Å². The normalized spacial score (nSPS) is 13.6. The summed E-state index contributed by atoms with van der Waals surface area (Å²) in [4.78, 5) is 0.157. The van der Waals surface area contributed by atoms with Gasteiger partial charge in [-0.15, -0.1) is 0 Å². The quantitative estimate of drug-likeness (QED) is 0.730. The fraction of sp³-hybridized carbons (Fsp3) is 0.571. The van der Waals surface area contributed by atoms with E-state index < -0.39 is 10.0 Å². The van der Waals surface area contributed by atoms with Crippen LogP contribution in [0, 0.1) is 6.92 Å². The van der Waals surface area contributed by atoms with Crippen molar-refractivity contribution >= 4 is 15.7 Å². The van der Waals surface area contributed by atoms with E-state index in [0.29, 0.717) is 18.8 Å². The summed E-state index contributed by atoms with van der Waals surface area (Å²) < 4.78 is 37.3. The highest BCUT2D eigenvalue weighted by Gasteiger charge is 2.31. The van der Waals surface area contributed by atoms with Crippen LogP contribution in [0.5, 0.6) is 0 Å². The van der Waals surface area contributed by atoms with Gasteiger partial charge < -0.3 is 15.2 Å². The maximum Gasteiger partial charge on any atom is 0.245 e. The second kappa shape index (κ2) is 7.74. The number of methoxy groups -OCH3 is 2. The lowest BCUT2D eigenvalue weighted by Gasteiger charge is -2.28. The summed E-state index contributed by atoms with van der Waals surface area (Å²) in [5, 5.41) is 0. The molecule has 1 aromatic carbocycles. The number of ether oxygens (including phenoxy) is 2. The van der Waals surface area contributed by atoms with Crippen LogP contribution in [0.4, 0.5) is 5.69 Å². The Hall–Kier alpha value is -1.15. The van der Waals surface area contributed by atoms with E-state index in [2.05, 4.69) is 0 Å². The third-order valence-corrected chi connectivity index (χ3v) is 5.46.